The van der Waals surface area contributed by atoms with E-state index in [9.17, 15) is 14.4 Å². The molecule has 0 N–H and O–H groups in total. The lowest BCUT2D eigenvalue weighted by atomic mass is 9.75. The molecule has 1 saturated heterocycles. The van der Waals surface area contributed by atoms with Crippen LogP contribution in [0.3, 0.4) is 0 Å². The molecule has 1 aliphatic carbocycles. The van der Waals surface area contributed by atoms with E-state index in [1.807, 2.05) is 0 Å². The van der Waals surface area contributed by atoms with E-state index in [2.05, 4.69) is 15.9 Å². The Bertz CT molecular complexity index is 391. The second-order valence-electron chi connectivity index (χ2n) is 5.23. The van der Waals surface area contributed by atoms with Gasteiger partial charge in [-0.05, 0) is 18.3 Å². The second kappa shape index (κ2) is 4.99. The molecule has 5 nitrogen and oxygen atoms in total. The van der Waals surface area contributed by atoms with Crippen molar-refractivity contribution in [3.05, 3.63) is 0 Å². The molecule has 1 heterocycles. The molecule has 0 aromatic heterocycles. The van der Waals surface area contributed by atoms with Gasteiger partial charge in [0.1, 0.15) is 0 Å². The van der Waals surface area contributed by atoms with E-state index in [0.29, 0.717) is 6.54 Å². The van der Waals surface area contributed by atoms with Gasteiger partial charge in [-0.2, -0.15) is 0 Å². The number of hydrogen-bond acceptors (Lipinski definition) is 3. The average molecular weight is 317 g/mol. The fraction of sp³-hybridized carbons (Fsp3) is 0.750. The van der Waals surface area contributed by atoms with Crippen molar-refractivity contribution in [3.63, 3.8) is 0 Å². The van der Waals surface area contributed by atoms with Gasteiger partial charge in [0, 0.05) is 18.9 Å². The molecule has 1 saturated carbocycles. The van der Waals surface area contributed by atoms with Crippen LogP contribution in [0, 0.1) is 5.41 Å². The fourth-order valence-corrected chi connectivity index (χ4v) is 3.46. The molecule has 6 heteroatoms. The highest BCUT2D eigenvalue weighted by Crippen LogP contribution is 2.39. The lowest BCUT2D eigenvalue weighted by molar-refractivity contribution is -0.143. The molecule has 0 aromatic rings. The Morgan fingerprint density at radius 3 is 2.17 bits per heavy atom. The van der Waals surface area contributed by atoms with Crippen LogP contribution in [0.1, 0.15) is 32.1 Å². The minimum Gasteiger partial charge on any atom is -0.263 e. The average Bonchev–Trinajstić information content (AvgIpc) is 2.58. The second-order valence-corrected chi connectivity index (χ2v) is 5.79. The quantitative estimate of drug-likeness (QED) is 0.453. The van der Waals surface area contributed by atoms with Gasteiger partial charge in [0.2, 0.25) is 0 Å². The highest BCUT2D eigenvalue weighted by Gasteiger charge is 2.46. The number of carbonyl (C=O) groups is 3. The number of halogens is 1. The summed E-state index contributed by atoms with van der Waals surface area (Å²) in [5.41, 5.74) is -0.0605. The molecular weight excluding hydrogens is 300 g/mol. The van der Waals surface area contributed by atoms with Crippen LogP contribution in [0.25, 0.3) is 0 Å². The van der Waals surface area contributed by atoms with E-state index in [4.69, 9.17) is 0 Å². The SMILES string of the molecule is CN1C(=O)C(=O)N(CC2(CBr)CCCCC2)C1=O. The first-order chi connectivity index (χ1) is 8.51. The molecule has 100 valence electrons. The van der Waals surface area contributed by atoms with Crippen LogP contribution in [-0.4, -0.2) is 46.6 Å². The number of urea groups is 1. The summed E-state index contributed by atoms with van der Waals surface area (Å²) in [7, 11) is 1.35. The molecule has 0 spiro atoms. The normalized spacial score (nSPS) is 24.0. The van der Waals surface area contributed by atoms with Crippen molar-refractivity contribution in [3.8, 4) is 0 Å². The summed E-state index contributed by atoms with van der Waals surface area (Å²) in [4.78, 5) is 37.1. The number of nitrogens with zero attached hydrogens (tertiary/aromatic N) is 2. The van der Waals surface area contributed by atoms with Gasteiger partial charge in [-0.25, -0.2) is 4.79 Å². The van der Waals surface area contributed by atoms with Gasteiger partial charge >= 0.3 is 17.8 Å². The molecule has 0 bridgehead atoms. The molecule has 2 rings (SSSR count). The van der Waals surface area contributed by atoms with E-state index in [-0.39, 0.29) is 5.41 Å². The summed E-state index contributed by atoms with van der Waals surface area (Å²) in [6, 6.07) is -0.490. The third kappa shape index (κ3) is 2.18. The summed E-state index contributed by atoms with van der Waals surface area (Å²) in [6.45, 7) is 0.353. The molecule has 4 amide bonds. The van der Waals surface area contributed by atoms with Crippen molar-refractivity contribution >= 4 is 33.8 Å². The predicted molar refractivity (Wildman–Crippen MR) is 69.2 cm³/mol. The third-order valence-electron chi connectivity index (χ3n) is 3.94. The number of imide groups is 2. The van der Waals surface area contributed by atoms with Crippen molar-refractivity contribution in [2.75, 3.05) is 18.9 Å². The van der Waals surface area contributed by atoms with E-state index in [1.54, 1.807) is 0 Å². The number of likely N-dealkylation sites (N-methyl/N-ethyl adjacent to an activating group) is 1. The van der Waals surface area contributed by atoms with Crippen LogP contribution in [0.2, 0.25) is 0 Å². The molecule has 2 aliphatic rings. The monoisotopic (exact) mass is 316 g/mol. The van der Waals surface area contributed by atoms with Crippen LogP contribution in [0.15, 0.2) is 0 Å². The van der Waals surface area contributed by atoms with Crippen LogP contribution in [0.4, 0.5) is 4.79 Å². The maximum atomic E-state index is 11.9. The Labute approximate surface area is 115 Å². The van der Waals surface area contributed by atoms with Gasteiger partial charge in [0.25, 0.3) is 0 Å². The maximum absolute atomic E-state index is 11.9. The van der Waals surface area contributed by atoms with Crippen LogP contribution in [-0.2, 0) is 9.59 Å². The zero-order chi connectivity index (χ0) is 13.3. The maximum Gasteiger partial charge on any atom is 0.333 e. The molecule has 0 radical (unpaired) electrons. The van der Waals surface area contributed by atoms with Crippen LogP contribution in [0.5, 0.6) is 0 Å². The summed E-state index contributed by atoms with van der Waals surface area (Å²) >= 11 is 3.50. The van der Waals surface area contributed by atoms with Crippen LogP contribution < -0.4 is 0 Å². The number of rotatable bonds is 3. The van der Waals surface area contributed by atoms with Gasteiger partial charge < -0.3 is 0 Å². The van der Waals surface area contributed by atoms with E-state index < -0.39 is 17.8 Å². The minimum absolute atomic E-state index is 0.0605. The van der Waals surface area contributed by atoms with E-state index in [0.717, 1.165) is 40.8 Å². The zero-order valence-electron chi connectivity index (χ0n) is 10.4. The van der Waals surface area contributed by atoms with Crippen molar-refractivity contribution < 1.29 is 14.4 Å². The topological polar surface area (TPSA) is 57.7 Å². The molecule has 18 heavy (non-hydrogen) atoms. The molecule has 2 fully saturated rings. The lowest BCUT2D eigenvalue weighted by Crippen LogP contribution is -2.43. The van der Waals surface area contributed by atoms with Gasteiger partial charge in [-0.15, -0.1) is 0 Å². The van der Waals surface area contributed by atoms with Crippen LogP contribution >= 0.6 is 15.9 Å². The fourth-order valence-electron chi connectivity index (χ4n) is 2.72. The first-order valence-corrected chi connectivity index (χ1v) is 7.32. The Hall–Kier alpha value is -0.910. The Morgan fingerprint density at radius 2 is 1.72 bits per heavy atom. The van der Waals surface area contributed by atoms with Crippen molar-refractivity contribution in [2.45, 2.75) is 32.1 Å². The Balaban J connectivity index is 2.15. The molecular formula is C12H17BrN2O3. The summed E-state index contributed by atoms with van der Waals surface area (Å²) < 4.78 is 0. The largest absolute Gasteiger partial charge is 0.333 e. The van der Waals surface area contributed by atoms with E-state index >= 15 is 0 Å². The van der Waals surface area contributed by atoms with Gasteiger partial charge in [-0.1, -0.05) is 35.2 Å². The number of amides is 4. The third-order valence-corrected chi connectivity index (χ3v) is 5.13. The molecule has 0 unspecified atom stereocenters. The van der Waals surface area contributed by atoms with Crippen molar-refractivity contribution in [1.82, 2.24) is 9.80 Å². The minimum atomic E-state index is -0.722. The Morgan fingerprint density at radius 1 is 1.11 bits per heavy atom. The predicted octanol–water partition coefficient (Wildman–Crippen LogP) is 1.75. The summed E-state index contributed by atoms with van der Waals surface area (Å²) in [6.07, 6.45) is 5.42. The van der Waals surface area contributed by atoms with Crippen molar-refractivity contribution in [1.29, 1.82) is 0 Å². The first kappa shape index (κ1) is 13.5. The number of alkyl halides is 1. The lowest BCUT2D eigenvalue weighted by Gasteiger charge is -2.37. The molecule has 1 aliphatic heterocycles. The molecule has 0 atom stereocenters. The first-order valence-electron chi connectivity index (χ1n) is 6.20. The zero-order valence-corrected chi connectivity index (χ0v) is 12.0. The van der Waals surface area contributed by atoms with Crippen molar-refractivity contribution in [2.24, 2.45) is 5.41 Å². The Kier molecular flexibility index (Phi) is 3.75. The standard InChI is InChI=1S/C12H17BrN2O3/c1-14-9(16)10(17)15(11(14)18)8-12(7-13)5-3-2-4-6-12/h2-8H2,1H3. The smallest absolute Gasteiger partial charge is 0.263 e. The highest BCUT2D eigenvalue weighted by atomic mass is 79.9. The number of carbonyl (C=O) groups excluding carboxylic acids is 3. The summed E-state index contributed by atoms with van der Waals surface area (Å²) in [5.74, 6) is -1.41. The summed E-state index contributed by atoms with van der Waals surface area (Å²) in [5, 5.41) is 0.759. The van der Waals surface area contributed by atoms with Gasteiger partial charge in [-0.3, -0.25) is 19.4 Å². The molecule has 0 aromatic carbocycles. The highest BCUT2D eigenvalue weighted by molar-refractivity contribution is 9.09. The number of hydrogen-bond donors (Lipinski definition) is 0. The van der Waals surface area contributed by atoms with E-state index in [1.165, 1.54) is 13.5 Å². The van der Waals surface area contributed by atoms with Gasteiger partial charge in [0.05, 0.1) is 0 Å². The van der Waals surface area contributed by atoms with Gasteiger partial charge in [0.15, 0.2) is 0 Å².